The highest BCUT2D eigenvalue weighted by Gasteiger charge is 2.22. The third kappa shape index (κ3) is 3.51. The molecule has 0 amide bonds. The predicted octanol–water partition coefficient (Wildman–Crippen LogP) is 3.76. The molecule has 0 aliphatic rings. The number of aryl methyl sites for hydroxylation is 1. The van der Waals surface area contributed by atoms with E-state index < -0.39 is 0 Å². The maximum absolute atomic E-state index is 5.37. The number of benzene rings is 1. The van der Waals surface area contributed by atoms with Gasteiger partial charge in [-0.15, -0.1) is 10.2 Å². The largest absolute Gasteiger partial charge is 0.334 e. The summed E-state index contributed by atoms with van der Waals surface area (Å²) in [5.41, 5.74) is 2.06. The summed E-state index contributed by atoms with van der Waals surface area (Å²) in [5, 5.41) is 13.5. The number of thioether (sulfide) groups is 1. The van der Waals surface area contributed by atoms with Gasteiger partial charge in [-0.1, -0.05) is 55.4 Å². The maximum atomic E-state index is 5.37. The van der Waals surface area contributed by atoms with Crippen molar-refractivity contribution >= 4 is 11.8 Å². The quantitative estimate of drug-likeness (QED) is 0.672. The van der Waals surface area contributed by atoms with E-state index in [9.17, 15) is 0 Å². The summed E-state index contributed by atoms with van der Waals surface area (Å²) in [6.07, 6.45) is 0. The standard InChI is InChI=1S/C17H21N5OS/c1-11-7-6-8-12(9-11)14-18-13(21-23-14)10-24-16-20-19-15(22(16)5)17(2,3)4/h6-9H,10H2,1-5H3. The van der Waals surface area contributed by atoms with Crippen molar-refractivity contribution in [1.29, 1.82) is 0 Å². The smallest absolute Gasteiger partial charge is 0.257 e. The van der Waals surface area contributed by atoms with Gasteiger partial charge in [0.05, 0.1) is 5.75 Å². The lowest BCUT2D eigenvalue weighted by Crippen LogP contribution is -2.17. The summed E-state index contributed by atoms with van der Waals surface area (Å²) in [6, 6.07) is 8.02. The van der Waals surface area contributed by atoms with E-state index in [0.29, 0.717) is 17.5 Å². The molecule has 0 N–H and O–H groups in total. The lowest BCUT2D eigenvalue weighted by Gasteiger charge is -2.16. The van der Waals surface area contributed by atoms with Crippen LogP contribution in [-0.2, 0) is 18.2 Å². The van der Waals surface area contributed by atoms with Crippen LogP contribution in [0.25, 0.3) is 11.5 Å². The predicted molar refractivity (Wildman–Crippen MR) is 93.7 cm³/mol. The van der Waals surface area contributed by atoms with Gasteiger partial charge in [-0.25, -0.2) is 0 Å². The summed E-state index contributed by atoms with van der Waals surface area (Å²) in [4.78, 5) is 4.47. The average Bonchev–Trinajstić information content (AvgIpc) is 3.11. The summed E-state index contributed by atoms with van der Waals surface area (Å²) in [6.45, 7) is 8.41. The minimum absolute atomic E-state index is 0.0367. The summed E-state index contributed by atoms with van der Waals surface area (Å²) >= 11 is 1.55. The molecular weight excluding hydrogens is 322 g/mol. The minimum atomic E-state index is -0.0367. The molecule has 0 bridgehead atoms. The molecule has 0 saturated heterocycles. The molecule has 0 aliphatic heterocycles. The fraction of sp³-hybridized carbons (Fsp3) is 0.412. The molecule has 3 rings (SSSR count). The zero-order chi connectivity index (χ0) is 17.3. The van der Waals surface area contributed by atoms with E-state index in [2.05, 4.69) is 41.1 Å². The summed E-state index contributed by atoms with van der Waals surface area (Å²) in [5.74, 6) is 2.74. The van der Waals surface area contributed by atoms with Crippen LogP contribution in [-0.4, -0.2) is 24.9 Å². The Morgan fingerprint density at radius 2 is 2.00 bits per heavy atom. The second-order valence-electron chi connectivity index (χ2n) is 6.79. The van der Waals surface area contributed by atoms with Crippen LogP contribution in [0.1, 0.15) is 38.0 Å². The Kier molecular flexibility index (Phi) is 4.45. The Balaban J connectivity index is 1.71. The average molecular weight is 343 g/mol. The summed E-state index contributed by atoms with van der Waals surface area (Å²) < 4.78 is 7.39. The van der Waals surface area contributed by atoms with Crippen molar-refractivity contribution in [3.8, 4) is 11.5 Å². The summed E-state index contributed by atoms with van der Waals surface area (Å²) in [7, 11) is 1.98. The molecule has 2 heterocycles. The third-order valence-electron chi connectivity index (χ3n) is 3.57. The second-order valence-corrected chi connectivity index (χ2v) is 7.73. The van der Waals surface area contributed by atoms with Crippen LogP contribution in [0, 0.1) is 6.92 Å². The Labute approximate surface area is 145 Å². The SMILES string of the molecule is Cc1cccc(-c2nc(CSc3nnc(C(C)(C)C)n3C)no2)c1. The van der Waals surface area contributed by atoms with Gasteiger partial charge in [0.15, 0.2) is 11.0 Å². The molecule has 24 heavy (non-hydrogen) atoms. The van der Waals surface area contributed by atoms with Gasteiger partial charge >= 0.3 is 0 Å². The van der Waals surface area contributed by atoms with Crippen molar-refractivity contribution < 1.29 is 4.52 Å². The number of rotatable bonds is 4. The van der Waals surface area contributed by atoms with Crippen LogP contribution >= 0.6 is 11.8 Å². The van der Waals surface area contributed by atoms with E-state index in [-0.39, 0.29) is 5.41 Å². The Morgan fingerprint density at radius 3 is 2.67 bits per heavy atom. The second kappa shape index (κ2) is 6.39. The van der Waals surface area contributed by atoms with E-state index in [1.165, 1.54) is 0 Å². The highest BCUT2D eigenvalue weighted by molar-refractivity contribution is 7.98. The zero-order valence-electron chi connectivity index (χ0n) is 14.6. The number of nitrogens with zero attached hydrogens (tertiary/aromatic N) is 5. The minimum Gasteiger partial charge on any atom is -0.334 e. The van der Waals surface area contributed by atoms with Crippen molar-refractivity contribution in [3.63, 3.8) is 0 Å². The molecule has 0 atom stereocenters. The van der Waals surface area contributed by atoms with Crippen LogP contribution in [0.4, 0.5) is 0 Å². The van der Waals surface area contributed by atoms with Gasteiger partial charge in [0.1, 0.15) is 5.82 Å². The van der Waals surface area contributed by atoms with Gasteiger partial charge < -0.3 is 9.09 Å². The monoisotopic (exact) mass is 343 g/mol. The van der Waals surface area contributed by atoms with Crippen LogP contribution in [0.3, 0.4) is 0 Å². The molecule has 0 saturated carbocycles. The van der Waals surface area contributed by atoms with Gasteiger partial charge in [-0.3, -0.25) is 0 Å². The van der Waals surface area contributed by atoms with E-state index in [4.69, 9.17) is 4.52 Å². The van der Waals surface area contributed by atoms with E-state index in [1.54, 1.807) is 11.8 Å². The van der Waals surface area contributed by atoms with Crippen LogP contribution in [0.5, 0.6) is 0 Å². The highest BCUT2D eigenvalue weighted by atomic mass is 32.2. The molecule has 0 radical (unpaired) electrons. The fourth-order valence-electron chi connectivity index (χ4n) is 2.43. The Morgan fingerprint density at radius 1 is 1.21 bits per heavy atom. The van der Waals surface area contributed by atoms with Crippen molar-refractivity contribution in [2.45, 2.75) is 44.0 Å². The third-order valence-corrected chi connectivity index (χ3v) is 4.59. The first-order chi connectivity index (χ1) is 11.3. The molecule has 0 aliphatic carbocycles. The van der Waals surface area contributed by atoms with Crippen LogP contribution in [0.2, 0.25) is 0 Å². The van der Waals surface area contributed by atoms with E-state index in [1.807, 2.05) is 42.8 Å². The molecule has 2 aromatic heterocycles. The highest BCUT2D eigenvalue weighted by Crippen LogP contribution is 2.26. The van der Waals surface area contributed by atoms with E-state index in [0.717, 1.165) is 22.1 Å². The van der Waals surface area contributed by atoms with Crippen molar-refractivity contribution in [1.82, 2.24) is 24.9 Å². The first-order valence-corrected chi connectivity index (χ1v) is 8.75. The number of aromatic nitrogens is 5. The molecule has 3 aromatic rings. The maximum Gasteiger partial charge on any atom is 0.257 e. The van der Waals surface area contributed by atoms with Gasteiger partial charge in [0, 0.05) is 18.0 Å². The molecule has 0 spiro atoms. The topological polar surface area (TPSA) is 69.6 Å². The van der Waals surface area contributed by atoms with Crippen LogP contribution < -0.4 is 0 Å². The van der Waals surface area contributed by atoms with Crippen molar-refractivity contribution in [2.75, 3.05) is 0 Å². The normalized spacial score (nSPS) is 11.9. The molecule has 126 valence electrons. The van der Waals surface area contributed by atoms with Gasteiger partial charge in [0.25, 0.3) is 5.89 Å². The van der Waals surface area contributed by atoms with Gasteiger partial charge in [-0.05, 0) is 19.1 Å². The molecule has 6 nitrogen and oxygen atoms in total. The Bertz CT molecular complexity index is 847. The molecule has 0 unspecified atom stereocenters. The number of hydrogen-bond acceptors (Lipinski definition) is 6. The van der Waals surface area contributed by atoms with Crippen molar-refractivity contribution in [2.24, 2.45) is 7.05 Å². The van der Waals surface area contributed by atoms with Gasteiger partial charge in [0.2, 0.25) is 0 Å². The first kappa shape index (κ1) is 16.7. The zero-order valence-corrected chi connectivity index (χ0v) is 15.4. The Hall–Kier alpha value is -2.15. The lowest BCUT2D eigenvalue weighted by molar-refractivity contribution is 0.425. The molecule has 1 aromatic carbocycles. The lowest BCUT2D eigenvalue weighted by atomic mass is 9.96. The molecular formula is C17H21N5OS. The fourth-order valence-corrected chi connectivity index (χ4v) is 3.18. The van der Waals surface area contributed by atoms with E-state index >= 15 is 0 Å². The molecule has 7 heteroatoms. The van der Waals surface area contributed by atoms with Crippen molar-refractivity contribution in [3.05, 3.63) is 41.5 Å². The van der Waals surface area contributed by atoms with Gasteiger partial charge in [-0.2, -0.15) is 4.98 Å². The molecule has 0 fully saturated rings. The van der Waals surface area contributed by atoms with Crippen LogP contribution in [0.15, 0.2) is 33.9 Å². The first-order valence-electron chi connectivity index (χ1n) is 7.77. The number of hydrogen-bond donors (Lipinski definition) is 0.